The van der Waals surface area contributed by atoms with Crippen LogP contribution in [0.25, 0.3) is 10.8 Å². The first-order valence-electron chi connectivity index (χ1n) is 7.19. The van der Waals surface area contributed by atoms with Crippen molar-refractivity contribution in [1.29, 1.82) is 0 Å². The lowest BCUT2D eigenvalue weighted by molar-refractivity contribution is -0.00697. The fourth-order valence-electron chi connectivity index (χ4n) is 3.19. The molecular weight excluding hydrogens is 304 g/mol. The van der Waals surface area contributed by atoms with E-state index in [0.717, 1.165) is 16.5 Å². The minimum atomic E-state index is -0.307. The van der Waals surface area contributed by atoms with Gasteiger partial charge in [-0.1, -0.05) is 0 Å². The Morgan fingerprint density at radius 1 is 1.14 bits per heavy atom. The molecule has 3 atom stereocenters. The zero-order valence-electron chi connectivity index (χ0n) is 13.0. The molecule has 0 unspecified atom stereocenters. The molecule has 0 saturated carbocycles. The van der Waals surface area contributed by atoms with E-state index in [1.54, 1.807) is 26.4 Å². The van der Waals surface area contributed by atoms with E-state index < -0.39 is 0 Å². The molecule has 0 fully saturated rings. The van der Waals surface area contributed by atoms with E-state index in [2.05, 4.69) is 0 Å². The SMILES string of the molecule is COc1cc(OC)c2c(O)cc3c(c2c1)[C@@H](C)O[C@@H](C)[C@H]3Cl. The second-order valence-electron chi connectivity index (χ2n) is 5.54. The van der Waals surface area contributed by atoms with Gasteiger partial charge in [0.05, 0.1) is 37.2 Å². The Balaban J connectivity index is 2.41. The fourth-order valence-corrected chi connectivity index (χ4v) is 3.43. The maximum absolute atomic E-state index is 10.5. The minimum Gasteiger partial charge on any atom is -0.507 e. The van der Waals surface area contributed by atoms with Gasteiger partial charge in [-0.3, -0.25) is 0 Å². The van der Waals surface area contributed by atoms with Crippen LogP contribution in [0.15, 0.2) is 18.2 Å². The van der Waals surface area contributed by atoms with Crippen LogP contribution in [0, 0.1) is 0 Å². The number of alkyl halides is 1. The van der Waals surface area contributed by atoms with Crippen LogP contribution in [0.1, 0.15) is 36.5 Å². The van der Waals surface area contributed by atoms with E-state index in [-0.39, 0.29) is 23.3 Å². The molecule has 0 aliphatic carbocycles. The fraction of sp³-hybridized carbons (Fsp3) is 0.412. The summed E-state index contributed by atoms with van der Waals surface area (Å²) in [5.74, 6) is 1.38. The van der Waals surface area contributed by atoms with Gasteiger partial charge in [-0.05, 0) is 42.5 Å². The van der Waals surface area contributed by atoms with Gasteiger partial charge in [0.15, 0.2) is 0 Å². The highest BCUT2D eigenvalue weighted by molar-refractivity contribution is 6.21. The number of fused-ring (bicyclic) bond motifs is 3. The Labute approximate surface area is 134 Å². The summed E-state index contributed by atoms with van der Waals surface area (Å²) in [6, 6.07) is 5.36. The third-order valence-corrected chi connectivity index (χ3v) is 4.81. The summed E-state index contributed by atoms with van der Waals surface area (Å²) in [5, 5.41) is 11.7. The lowest BCUT2D eigenvalue weighted by Crippen LogP contribution is -2.24. The van der Waals surface area contributed by atoms with Gasteiger partial charge in [0.25, 0.3) is 0 Å². The van der Waals surface area contributed by atoms with Gasteiger partial charge in [-0.2, -0.15) is 0 Å². The molecule has 0 amide bonds. The molecule has 0 aromatic heterocycles. The molecule has 118 valence electrons. The van der Waals surface area contributed by atoms with Crippen molar-refractivity contribution in [2.45, 2.75) is 31.4 Å². The van der Waals surface area contributed by atoms with Gasteiger partial charge in [0.1, 0.15) is 17.2 Å². The van der Waals surface area contributed by atoms with E-state index in [0.29, 0.717) is 16.9 Å². The highest BCUT2D eigenvalue weighted by atomic mass is 35.5. The third-order valence-electron chi connectivity index (χ3n) is 4.22. The van der Waals surface area contributed by atoms with Crippen molar-refractivity contribution in [3.63, 3.8) is 0 Å². The third kappa shape index (κ3) is 2.18. The standard InChI is InChI=1S/C17H19ClO4/c1-8-15-11-5-10(20-3)6-14(21-4)16(11)13(19)7-12(15)17(18)9(2)22-8/h5-9,17,19H,1-4H3/t8-,9+,17-/m1/s1. The minimum absolute atomic E-state index is 0.117. The van der Waals surface area contributed by atoms with E-state index in [1.807, 2.05) is 19.9 Å². The van der Waals surface area contributed by atoms with Gasteiger partial charge in [0.2, 0.25) is 0 Å². The Kier molecular flexibility index (Phi) is 3.83. The molecule has 1 aliphatic heterocycles. The number of halogens is 1. The molecule has 0 saturated heterocycles. The van der Waals surface area contributed by atoms with Crippen molar-refractivity contribution in [2.24, 2.45) is 0 Å². The number of rotatable bonds is 2. The molecule has 1 aliphatic rings. The number of benzene rings is 2. The molecule has 4 nitrogen and oxygen atoms in total. The van der Waals surface area contributed by atoms with Crippen LogP contribution in [0.4, 0.5) is 0 Å². The largest absolute Gasteiger partial charge is 0.507 e. The van der Waals surface area contributed by atoms with Gasteiger partial charge < -0.3 is 19.3 Å². The van der Waals surface area contributed by atoms with Crippen LogP contribution in [0.3, 0.4) is 0 Å². The Hall–Kier alpha value is -1.65. The summed E-state index contributed by atoms with van der Waals surface area (Å²) in [4.78, 5) is 0. The highest BCUT2D eigenvalue weighted by Crippen LogP contribution is 2.48. The topological polar surface area (TPSA) is 47.9 Å². The Morgan fingerprint density at radius 2 is 1.86 bits per heavy atom. The summed E-state index contributed by atoms with van der Waals surface area (Å²) in [5.41, 5.74) is 1.87. The van der Waals surface area contributed by atoms with Gasteiger partial charge in [-0.15, -0.1) is 11.6 Å². The second-order valence-corrected chi connectivity index (χ2v) is 6.01. The van der Waals surface area contributed by atoms with Crippen LogP contribution in [0.2, 0.25) is 0 Å². The number of phenolic OH excluding ortho intramolecular Hbond substituents is 1. The van der Waals surface area contributed by atoms with Crippen molar-refractivity contribution in [1.82, 2.24) is 0 Å². The number of aromatic hydroxyl groups is 1. The summed E-state index contributed by atoms with van der Waals surface area (Å²) in [6.45, 7) is 3.92. The number of hydrogen-bond acceptors (Lipinski definition) is 4. The predicted octanol–water partition coefficient (Wildman–Crippen LogP) is 4.32. The Morgan fingerprint density at radius 3 is 2.50 bits per heavy atom. The average molecular weight is 323 g/mol. The molecule has 2 aromatic carbocycles. The predicted molar refractivity (Wildman–Crippen MR) is 86.3 cm³/mol. The lowest BCUT2D eigenvalue weighted by atomic mass is 9.89. The lowest BCUT2D eigenvalue weighted by Gasteiger charge is -2.33. The molecule has 3 rings (SSSR count). The van der Waals surface area contributed by atoms with Crippen molar-refractivity contribution in [3.05, 3.63) is 29.3 Å². The summed E-state index contributed by atoms with van der Waals surface area (Å²) >= 11 is 6.48. The van der Waals surface area contributed by atoms with E-state index >= 15 is 0 Å². The highest BCUT2D eigenvalue weighted by Gasteiger charge is 2.33. The van der Waals surface area contributed by atoms with E-state index in [9.17, 15) is 5.11 Å². The van der Waals surface area contributed by atoms with Crippen molar-refractivity contribution in [2.75, 3.05) is 14.2 Å². The van der Waals surface area contributed by atoms with Crippen LogP contribution in [-0.4, -0.2) is 25.4 Å². The number of hydrogen-bond donors (Lipinski definition) is 1. The van der Waals surface area contributed by atoms with Gasteiger partial charge in [-0.25, -0.2) is 0 Å². The van der Waals surface area contributed by atoms with Crippen LogP contribution < -0.4 is 9.47 Å². The molecule has 0 bridgehead atoms. The molecule has 1 heterocycles. The van der Waals surface area contributed by atoms with Crippen LogP contribution in [-0.2, 0) is 4.74 Å². The quantitative estimate of drug-likeness (QED) is 0.836. The number of ether oxygens (including phenoxy) is 3. The second kappa shape index (κ2) is 5.52. The van der Waals surface area contributed by atoms with Crippen LogP contribution >= 0.6 is 11.6 Å². The maximum Gasteiger partial charge on any atom is 0.134 e. The molecule has 0 spiro atoms. The van der Waals surface area contributed by atoms with E-state index in [4.69, 9.17) is 25.8 Å². The smallest absolute Gasteiger partial charge is 0.134 e. The van der Waals surface area contributed by atoms with Crippen LogP contribution in [0.5, 0.6) is 17.2 Å². The zero-order chi connectivity index (χ0) is 16.0. The zero-order valence-corrected chi connectivity index (χ0v) is 13.8. The van der Waals surface area contributed by atoms with Crippen molar-refractivity contribution >= 4 is 22.4 Å². The Bertz CT molecular complexity index is 728. The molecule has 5 heteroatoms. The molecule has 1 N–H and O–H groups in total. The first-order valence-corrected chi connectivity index (χ1v) is 7.62. The molecular formula is C17H19ClO4. The summed E-state index contributed by atoms with van der Waals surface area (Å²) in [7, 11) is 3.17. The molecule has 2 aromatic rings. The van der Waals surface area contributed by atoms with Gasteiger partial charge >= 0.3 is 0 Å². The summed E-state index contributed by atoms with van der Waals surface area (Å²) in [6.07, 6.45) is -0.242. The first-order chi connectivity index (χ1) is 10.5. The number of methoxy groups -OCH3 is 2. The average Bonchev–Trinajstić information content (AvgIpc) is 2.51. The maximum atomic E-state index is 10.5. The monoisotopic (exact) mass is 322 g/mol. The normalized spacial score (nSPS) is 24.1. The summed E-state index contributed by atoms with van der Waals surface area (Å²) < 4.78 is 16.7. The van der Waals surface area contributed by atoms with Gasteiger partial charge in [0, 0.05) is 6.07 Å². The number of phenols is 1. The molecule has 22 heavy (non-hydrogen) atoms. The van der Waals surface area contributed by atoms with E-state index in [1.165, 1.54) is 0 Å². The van der Waals surface area contributed by atoms with Crippen molar-refractivity contribution < 1.29 is 19.3 Å². The van der Waals surface area contributed by atoms with Crippen molar-refractivity contribution in [3.8, 4) is 17.2 Å². The molecule has 0 radical (unpaired) electrons. The first kappa shape index (κ1) is 15.3.